The summed E-state index contributed by atoms with van der Waals surface area (Å²) in [7, 11) is 3.54. The van der Waals surface area contributed by atoms with Crippen LogP contribution >= 0.6 is 0 Å². The Hall–Kier alpha value is -2.81. The van der Waals surface area contributed by atoms with Crippen molar-refractivity contribution in [3.8, 4) is 0 Å². The zero-order chi connectivity index (χ0) is 17.6. The summed E-state index contributed by atoms with van der Waals surface area (Å²) in [4.78, 5) is 10.8. The van der Waals surface area contributed by atoms with Crippen LogP contribution in [0.1, 0.15) is 12.0 Å². The number of halogens is 1. The van der Waals surface area contributed by atoms with Crippen LogP contribution in [0.3, 0.4) is 0 Å². The first-order chi connectivity index (χ1) is 12.2. The highest BCUT2D eigenvalue weighted by atomic mass is 19.1. The van der Waals surface area contributed by atoms with Crippen molar-refractivity contribution in [3.05, 3.63) is 35.6 Å². The molecule has 0 atom stereocenters. The highest BCUT2D eigenvalue weighted by Gasteiger charge is 2.16. The number of benzene rings is 1. The summed E-state index contributed by atoms with van der Waals surface area (Å²) in [5, 5.41) is 10.7. The second-order valence-corrected chi connectivity index (χ2v) is 5.56. The van der Waals surface area contributed by atoms with E-state index in [4.69, 9.17) is 9.37 Å². The van der Waals surface area contributed by atoms with Crippen molar-refractivity contribution >= 4 is 22.9 Å². The molecule has 0 radical (unpaired) electrons. The third kappa shape index (κ3) is 4.18. The van der Waals surface area contributed by atoms with Crippen LogP contribution in [0.4, 0.5) is 16.0 Å². The quantitative estimate of drug-likeness (QED) is 0.621. The number of hydrogen-bond donors (Lipinski definition) is 1. The van der Waals surface area contributed by atoms with Crippen LogP contribution in [-0.2, 0) is 11.3 Å². The molecule has 2 heterocycles. The van der Waals surface area contributed by atoms with Gasteiger partial charge in [0.05, 0.1) is 0 Å². The minimum atomic E-state index is -0.262. The van der Waals surface area contributed by atoms with E-state index in [0.717, 1.165) is 12.0 Å². The van der Waals surface area contributed by atoms with Crippen LogP contribution in [0.25, 0.3) is 11.3 Å². The molecular formula is C16H19FN6O2. The molecule has 3 aromatic rings. The number of nitrogens with zero attached hydrogens (tertiary/aromatic N) is 5. The fourth-order valence-electron chi connectivity index (χ4n) is 2.38. The second kappa shape index (κ2) is 7.84. The van der Waals surface area contributed by atoms with Crippen molar-refractivity contribution in [1.29, 1.82) is 0 Å². The smallest absolute Gasteiger partial charge is 0.245 e. The van der Waals surface area contributed by atoms with E-state index in [0.29, 0.717) is 42.6 Å². The predicted molar refractivity (Wildman–Crippen MR) is 90.9 cm³/mol. The summed E-state index contributed by atoms with van der Waals surface area (Å²) in [5.41, 5.74) is 1.63. The van der Waals surface area contributed by atoms with Gasteiger partial charge in [-0.15, -0.1) is 0 Å². The monoisotopic (exact) mass is 346 g/mol. The molecule has 0 aliphatic rings. The first-order valence-electron chi connectivity index (χ1n) is 7.86. The molecule has 0 aliphatic carbocycles. The summed E-state index contributed by atoms with van der Waals surface area (Å²) in [5.74, 6) is 0.940. The molecule has 25 heavy (non-hydrogen) atoms. The van der Waals surface area contributed by atoms with Crippen molar-refractivity contribution in [3.63, 3.8) is 0 Å². The Bertz CT molecular complexity index is 823. The van der Waals surface area contributed by atoms with Gasteiger partial charge < -0.3 is 15.0 Å². The van der Waals surface area contributed by atoms with E-state index in [1.165, 1.54) is 12.1 Å². The molecule has 0 fully saturated rings. The number of ether oxygens (including phenoxy) is 1. The van der Waals surface area contributed by atoms with Crippen molar-refractivity contribution in [2.24, 2.45) is 0 Å². The second-order valence-electron chi connectivity index (χ2n) is 5.56. The number of nitrogens with one attached hydrogen (secondary N) is 1. The summed E-state index contributed by atoms with van der Waals surface area (Å²) < 4.78 is 22.8. The van der Waals surface area contributed by atoms with Crippen LogP contribution in [-0.4, -0.2) is 47.6 Å². The maximum atomic E-state index is 13.1. The number of hydrogen-bond acceptors (Lipinski definition) is 8. The Morgan fingerprint density at radius 2 is 1.88 bits per heavy atom. The molecule has 132 valence electrons. The van der Waals surface area contributed by atoms with Gasteiger partial charge in [0.2, 0.25) is 11.3 Å². The minimum absolute atomic E-state index is 0.262. The standard InChI is InChI=1S/C16H19FN6O2/c1-23(10-11-4-6-12(17)7-5-11)16-15(18-8-3-9-24-2)19-13-14(20-16)22-25-21-13/h4-7H,3,8-10H2,1-2H3,(H,18,19,21). The molecule has 8 nitrogen and oxygen atoms in total. The first kappa shape index (κ1) is 17.0. The normalized spacial score (nSPS) is 11.0. The van der Waals surface area contributed by atoms with E-state index in [2.05, 4.69) is 25.6 Å². The van der Waals surface area contributed by atoms with Crippen LogP contribution in [0.15, 0.2) is 28.9 Å². The lowest BCUT2D eigenvalue weighted by molar-refractivity contribution is 0.198. The van der Waals surface area contributed by atoms with Gasteiger partial charge in [0, 0.05) is 33.9 Å². The van der Waals surface area contributed by atoms with Crippen molar-refractivity contribution in [1.82, 2.24) is 20.3 Å². The maximum absolute atomic E-state index is 13.1. The molecular weight excluding hydrogens is 327 g/mol. The predicted octanol–water partition coefficient (Wildman–Crippen LogP) is 2.24. The van der Waals surface area contributed by atoms with Crippen molar-refractivity contribution < 1.29 is 13.8 Å². The van der Waals surface area contributed by atoms with Gasteiger partial charge in [-0.2, -0.15) is 0 Å². The number of fused-ring (bicyclic) bond motifs is 1. The Balaban J connectivity index is 1.82. The van der Waals surface area contributed by atoms with E-state index in [-0.39, 0.29) is 5.82 Å². The third-order valence-electron chi connectivity index (χ3n) is 3.61. The largest absolute Gasteiger partial charge is 0.385 e. The van der Waals surface area contributed by atoms with E-state index < -0.39 is 0 Å². The molecule has 3 rings (SSSR count). The lowest BCUT2D eigenvalue weighted by atomic mass is 10.2. The zero-order valence-corrected chi connectivity index (χ0v) is 14.1. The van der Waals surface area contributed by atoms with Crippen LogP contribution in [0, 0.1) is 5.82 Å². The van der Waals surface area contributed by atoms with Gasteiger partial charge >= 0.3 is 0 Å². The van der Waals surface area contributed by atoms with Gasteiger partial charge in [-0.25, -0.2) is 19.0 Å². The third-order valence-corrected chi connectivity index (χ3v) is 3.61. The maximum Gasteiger partial charge on any atom is 0.245 e. The average Bonchev–Trinajstić information content (AvgIpc) is 3.07. The Kier molecular flexibility index (Phi) is 5.34. The zero-order valence-electron chi connectivity index (χ0n) is 14.1. The average molecular weight is 346 g/mol. The van der Waals surface area contributed by atoms with Crippen LogP contribution < -0.4 is 10.2 Å². The van der Waals surface area contributed by atoms with Crippen LogP contribution in [0.2, 0.25) is 0 Å². The Labute approximate surface area is 144 Å². The van der Waals surface area contributed by atoms with Crippen molar-refractivity contribution in [2.45, 2.75) is 13.0 Å². The molecule has 0 aliphatic heterocycles. The van der Waals surface area contributed by atoms with Gasteiger partial charge in [-0.3, -0.25) is 0 Å². The molecule has 1 N–H and O–H groups in total. The van der Waals surface area contributed by atoms with Crippen LogP contribution in [0.5, 0.6) is 0 Å². The Morgan fingerprint density at radius 1 is 1.16 bits per heavy atom. The van der Waals surface area contributed by atoms with Gasteiger partial charge in [-0.05, 0) is 34.4 Å². The number of aromatic nitrogens is 4. The number of anilines is 2. The molecule has 0 spiro atoms. The number of rotatable bonds is 8. The Morgan fingerprint density at radius 3 is 2.60 bits per heavy atom. The SMILES string of the molecule is COCCCNc1nc2nonc2nc1N(C)Cc1ccc(F)cc1. The van der Waals surface area contributed by atoms with Gasteiger partial charge in [-0.1, -0.05) is 12.1 Å². The summed E-state index contributed by atoms with van der Waals surface area (Å²) in [6, 6.07) is 6.34. The topological polar surface area (TPSA) is 89.2 Å². The fraction of sp³-hybridized carbons (Fsp3) is 0.375. The number of methoxy groups -OCH3 is 1. The molecule has 0 saturated heterocycles. The van der Waals surface area contributed by atoms with E-state index in [1.807, 2.05) is 11.9 Å². The highest BCUT2D eigenvalue weighted by Crippen LogP contribution is 2.24. The molecule has 0 amide bonds. The highest BCUT2D eigenvalue weighted by molar-refractivity contribution is 5.73. The molecule has 1 aromatic carbocycles. The fourth-order valence-corrected chi connectivity index (χ4v) is 2.38. The van der Waals surface area contributed by atoms with E-state index in [9.17, 15) is 4.39 Å². The molecule has 0 unspecified atom stereocenters. The van der Waals surface area contributed by atoms with Gasteiger partial charge in [0.15, 0.2) is 11.6 Å². The summed E-state index contributed by atoms with van der Waals surface area (Å²) in [6.45, 7) is 1.87. The first-order valence-corrected chi connectivity index (χ1v) is 7.86. The van der Waals surface area contributed by atoms with E-state index in [1.54, 1.807) is 19.2 Å². The summed E-state index contributed by atoms with van der Waals surface area (Å²) in [6.07, 6.45) is 0.828. The molecule has 9 heteroatoms. The van der Waals surface area contributed by atoms with E-state index >= 15 is 0 Å². The van der Waals surface area contributed by atoms with Crippen molar-refractivity contribution in [2.75, 3.05) is 37.5 Å². The lowest BCUT2D eigenvalue weighted by Gasteiger charge is -2.20. The lowest BCUT2D eigenvalue weighted by Crippen LogP contribution is -2.21. The molecule has 0 saturated carbocycles. The molecule has 0 bridgehead atoms. The summed E-state index contributed by atoms with van der Waals surface area (Å²) >= 11 is 0. The minimum Gasteiger partial charge on any atom is -0.385 e. The molecule has 2 aromatic heterocycles. The van der Waals surface area contributed by atoms with Gasteiger partial charge in [0.25, 0.3) is 0 Å². The van der Waals surface area contributed by atoms with Gasteiger partial charge in [0.1, 0.15) is 5.82 Å².